The van der Waals surface area contributed by atoms with Gasteiger partial charge in [-0.2, -0.15) is 4.31 Å². The molecule has 22 heavy (non-hydrogen) atoms. The molecule has 0 spiro atoms. The average Bonchev–Trinajstić information content (AvgIpc) is 2.88. The molecule has 0 amide bonds. The fourth-order valence-electron chi connectivity index (χ4n) is 3.23. The summed E-state index contributed by atoms with van der Waals surface area (Å²) < 4.78 is 27.1. The SMILES string of the molecule is CCCCCCC1(C)CCN(S(=O)(=O)c2ccc(C)cc2)C1. The molecule has 1 saturated heterocycles. The average molecular weight is 324 g/mol. The van der Waals surface area contributed by atoms with Crippen LogP contribution in [0.3, 0.4) is 0 Å². The number of rotatable bonds is 7. The zero-order chi connectivity index (χ0) is 16.2. The van der Waals surface area contributed by atoms with Gasteiger partial charge in [-0.1, -0.05) is 57.2 Å². The van der Waals surface area contributed by atoms with Crippen LogP contribution in [0.1, 0.15) is 57.9 Å². The molecule has 0 N–H and O–H groups in total. The normalized spacial score (nSPS) is 23.0. The summed E-state index contributed by atoms with van der Waals surface area (Å²) >= 11 is 0. The van der Waals surface area contributed by atoms with Crippen LogP contribution in [-0.4, -0.2) is 25.8 Å². The number of sulfonamides is 1. The van der Waals surface area contributed by atoms with Gasteiger partial charge in [-0.25, -0.2) is 8.42 Å². The molecule has 0 radical (unpaired) electrons. The second-order valence-corrected chi connectivity index (χ2v) is 8.96. The first-order chi connectivity index (χ1) is 10.4. The Labute approximate surface area is 135 Å². The molecule has 4 heteroatoms. The van der Waals surface area contributed by atoms with E-state index >= 15 is 0 Å². The maximum Gasteiger partial charge on any atom is 0.243 e. The second kappa shape index (κ2) is 7.14. The molecule has 1 atom stereocenters. The van der Waals surface area contributed by atoms with Crippen LogP contribution in [0.2, 0.25) is 0 Å². The number of unbranched alkanes of at least 4 members (excludes halogenated alkanes) is 3. The van der Waals surface area contributed by atoms with Crippen molar-refractivity contribution in [1.29, 1.82) is 0 Å². The minimum absolute atomic E-state index is 0.144. The molecule has 3 nitrogen and oxygen atoms in total. The van der Waals surface area contributed by atoms with Gasteiger partial charge in [0.1, 0.15) is 0 Å². The third-order valence-corrected chi connectivity index (χ3v) is 6.67. The van der Waals surface area contributed by atoms with Crippen LogP contribution in [0, 0.1) is 12.3 Å². The maximum absolute atomic E-state index is 12.7. The molecular weight excluding hydrogens is 294 g/mol. The Morgan fingerprint density at radius 1 is 1.14 bits per heavy atom. The van der Waals surface area contributed by atoms with Gasteiger partial charge >= 0.3 is 0 Å². The van der Waals surface area contributed by atoms with E-state index in [9.17, 15) is 8.42 Å². The molecule has 124 valence electrons. The van der Waals surface area contributed by atoms with E-state index in [1.54, 1.807) is 16.4 Å². The summed E-state index contributed by atoms with van der Waals surface area (Å²) in [4.78, 5) is 0.424. The highest BCUT2D eigenvalue weighted by Crippen LogP contribution is 2.37. The Hall–Kier alpha value is -0.870. The number of hydrogen-bond donors (Lipinski definition) is 0. The first-order valence-corrected chi connectivity index (χ1v) is 9.88. The predicted octanol–water partition coefficient (Wildman–Crippen LogP) is 4.37. The van der Waals surface area contributed by atoms with Gasteiger partial charge in [0.2, 0.25) is 10.0 Å². The lowest BCUT2D eigenvalue weighted by Crippen LogP contribution is -2.31. The fourth-order valence-corrected chi connectivity index (χ4v) is 4.82. The number of aryl methyl sites for hydroxylation is 1. The molecular formula is C18H29NO2S. The van der Waals surface area contributed by atoms with E-state index in [4.69, 9.17) is 0 Å². The van der Waals surface area contributed by atoms with Crippen molar-refractivity contribution >= 4 is 10.0 Å². The number of hydrogen-bond acceptors (Lipinski definition) is 2. The van der Waals surface area contributed by atoms with E-state index in [-0.39, 0.29) is 5.41 Å². The predicted molar refractivity (Wildman–Crippen MR) is 91.4 cm³/mol. The van der Waals surface area contributed by atoms with E-state index in [0.717, 1.165) is 18.4 Å². The Balaban J connectivity index is 2.00. The van der Waals surface area contributed by atoms with Crippen LogP contribution in [0.5, 0.6) is 0 Å². The van der Waals surface area contributed by atoms with Crippen molar-refractivity contribution in [2.24, 2.45) is 5.41 Å². The molecule has 2 rings (SSSR count). The van der Waals surface area contributed by atoms with Gasteiger partial charge in [-0.05, 0) is 37.3 Å². The van der Waals surface area contributed by atoms with Gasteiger partial charge < -0.3 is 0 Å². The molecule has 1 aromatic carbocycles. The van der Waals surface area contributed by atoms with Crippen molar-refractivity contribution in [3.63, 3.8) is 0 Å². The molecule has 0 bridgehead atoms. The number of benzene rings is 1. The van der Waals surface area contributed by atoms with Crippen LogP contribution in [0.15, 0.2) is 29.2 Å². The molecule has 0 aromatic heterocycles. The zero-order valence-electron chi connectivity index (χ0n) is 14.1. The molecule has 1 aliphatic rings. The molecule has 1 aromatic rings. The third kappa shape index (κ3) is 4.11. The van der Waals surface area contributed by atoms with Crippen molar-refractivity contribution in [1.82, 2.24) is 4.31 Å². The second-order valence-electron chi connectivity index (χ2n) is 7.02. The van der Waals surface area contributed by atoms with Gasteiger partial charge in [-0.15, -0.1) is 0 Å². The Morgan fingerprint density at radius 2 is 1.82 bits per heavy atom. The zero-order valence-corrected chi connectivity index (χ0v) is 15.0. The molecule has 1 fully saturated rings. The highest BCUT2D eigenvalue weighted by molar-refractivity contribution is 7.89. The van der Waals surface area contributed by atoms with E-state index in [1.807, 2.05) is 19.1 Å². The first-order valence-electron chi connectivity index (χ1n) is 8.44. The van der Waals surface area contributed by atoms with Gasteiger partial charge in [0.05, 0.1) is 4.90 Å². The summed E-state index contributed by atoms with van der Waals surface area (Å²) in [7, 11) is -3.33. The molecule has 0 saturated carbocycles. The highest BCUT2D eigenvalue weighted by Gasteiger charge is 2.39. The third-order valence-electron chi connectivity index (χ3n) is 4.82. The van der Waals surface area contributed by atoms with Crippen molar-refractivity contribution in [3.05, 3.63) is 29.8 Å². The molecule has 1 aliphatic heterocycles. The highest BCUT2D eigenvalue weighted by atomic mass is 32.2. The largest absolute Gasteiger partial charge is 0.243 e. The maximum atomic E-state index is 12.7. The van der Waals surface area contributed by atoms with Crippen LogP contribution in [0.4, 0.5) is 0 Å². The van der Waals surface area contributed by atoms with E-state index in [0.29, 0.717) is 18.0 Å². The van der Waals surface area contributed by atoms with Crippen molar-refractivity contribution in [3.8, 4) is 0 Å². The monoisotopic (exact) mass is 323 g/mol. The van der Waals surface area contributed by atoms with Crippen molar-refractivity contribution < 1.29 is 8.42 Å². The Kier molecular flexibility index (Phi) is 5.67. The summed E-state index contributed by atoms with van der Waals surface area (Å²) in [5, 5.41) is 0. The summed E-state index contributed by atoms with van der Waals surface area (Å²) in [6.07, 6.45) is 7.10. The van der Waals surface area contributed by atoms with Crippen molar-refractivity contribution in [2.45, 2.75) is 64.2 Å². The minimum Gasteiger partial charge on any atom is -0.207 e. The standard InChI is InChI=1S/C18H29NO2S/c1-4-5-6-7-12-18(3)13-14-19(15-18)22(20,21)17-10-8-16(2)9-11-17/h8-11H,4-7,12-15H2,1-3H3. The topological polar surface area (TPSA) is 37.4 Å². The lowest BCUT2D eigenvalue weighted by molar-refractivity contribution is 0.300. The lowest BCUT2D eigenvalue weighted by Gasteiger charge is -2.24. The van der Waals surface area contributed by atoms with E-state index in [2.05, 4.69) is 13.8 Å². The number of nitrogens with zero attached hydrogens (tertiary/aromatic N) is 1. The first kappa shape index (κ1) is 17.5. The lowest BCUT2D eigenvalue weighted by atomic mass is 9.84. The van der Waals surface area contributed by atoms with Crippen LogP contribution in [-0.2, 0) is 10.0 Å². The smallest absolute Gasteiger partial charge is 0.207 e. The quantitative estimate of drug-likeness (QED) is 0.699. The van der Waals surface area contributed by atoms with Gasteiger partial charge in [0.15, 0.2) is 0 Å². The van der Waals surface area contributed by atoms with E-state index in [1.165, 1.54) is 25.7 Å². The van der Waals surface area contributed by atoms with Gasteiger partial charge in [0.25, 0.3) is 0 Å². The fraction of sp³-hybridized carbons (Fsp3) is 0.667. The molecule has 1 heterocycles. The Morgan fingerprint density at radius 3 is 2.45 bits per heavy atom. The molecule has 0 aliphatic carbocycles. The summed E-state index contributed by atoms with van der Waals surface area (Å²) in [5.74, 6) is 0. The summed E-state index contributed by atoms with van der Waals surface area (Å²) in [5.41, 5.74) is 1.23. The molecule has 1 unspecified atom stereocenters. The summed E-state index contributed by atoms with van der Waals surface area (Å²) in [6, 6.07) is 7.18. The summed E-state index contributed by atoms with van der Waals surface area (Å²) in [6.45, 7) is 7.74. The van der Waals surface area contributed by atoms with Crippen molar-refractivity contribution in [2.75, 3.05) is 13.1 Å². The Bertz CT molecular complexity index is 580. The van der Waals surface area contributed by atoms with E-state index < -0.39 is 10.0 Å². The minimum atomic E-state index is -3.33. The van der Waals surface area contributed by atoms with Gasteiger partial charge in [0, 0.05) is 13.1 Å². The van der Waals surface area contributed by atoms with Crippen LogP contribution >= 0.6 is 0 Å². The van der Waals surface area contributed by atoms with Gasteiger partial charge in [-0.3, -0.25) is 0 Å². The van der Waals surface area contributed by atoms with Crippen LogP contribution < -0.4 is 0 Å². The van der Waals surface area contributed by atoms with Crippen LogP contribution in [0.25, 0.3) is 0 Å².